The molecule has 0 bridgehead atoms. The monoisotopic (exact) mass is 244 g/mol. The average molecular weight is 244 g/mol. The predicted octanol–water partition coefficient (Wildman–Crippen LogP) is 0.964. The molecule has 0 aromatic rings. The fourth-order valence-corrected chi connectivity index (χ4v) is 3.15. The zero-order chi connectivity index (χ0) is 12.2. The van der Waals surface area contributed by atoms with E-state index in [2.05, 4.69) is 17.6 Å². The molecular formula is C11H20N2O2S. The van der Waals surface area contributed by atoms with Gasteiger partial charge in [-0.1, -0.05) is 19.8 Å². The van der Waals surface area contributed by atoms with Crippen LogP contribution in [0.4, 0.5) is 0 Å². The Labute approximate surface area is 98.6 Å². The van der Waals surface area contributed by atoms with Crippen LogP contribution in [0, 0.1) is 18.3 Å². The fourth-order valence-electron chi connectivity index (χ4n) is 1.71. The summed E-state index contributed by atoms with van der Waals surface area (Å²) in [4.78, 5) is 0. The zero-order valence-corrected chi connectivity index (χ0v) is 10.8. The quantitative estimate of drug-likeness (QED) is 0.749. The summed E-state index contributed by atoms with van der Waals surface area (Å²) >= 11 is 0. The van der Waals surface area contributed by atoms with Crippen LogP contribution in [0.3, 0.4) is 0 Å². The van der Waals surface area contributed by atoms with Gasteiger partial charge in [0.1, 0.15) is 0 Å². The maximum absolute atomic E-state index is 11.9. The largest absolute Gasteiger partial charge is 0.280 e. The summed E-state index contributed by atoms with van der Waals surface area (Å²) in [7, 11) is -3.39. The van der Waals surface area contributed by atoms with E-state index in [1.165, 1.54) is 4.31 Å². The van der Waals surface area contributed by atoms with Crippen LogP contribution in [0.5, 0.6) is 0 Å². The maximum Gasteiger partial charge on any atom is 0.280 e. The van der Waals surface area contributed by atoms with Gasteiger partial charge in [-0.05, 0) is 25.2 Å². The van der Waals surface area contributed by atoms with Crippen molar-refractivity contribution in [1.82, 2.24) is 9.03 Å². The van der Waals surface area contributed by atoms with Gasteiger partial charge in [0.05, 0.1) is 6.04 Å². The Morgan fingerprint density at radius 1 is 1.50 bits per heavy atom. The second kappa shape index (κ2) is 5.67. The standard InChI is InChI=1S/C11H20N2O2S/c1-4-11(5-2)12-16(14,15)13-8-6-10(3)7-9-13/h1,10-12H,5-9H2,2-3H3. The van der Waals surface area contributed by atoms with Crippen LogP contribution in [0.15, 0.2) is 0 Å². The smallest absolute Gasteiger partial charge is 0.195 e. The van der Waals surface area contributed by atoms with E-state index in [9.17, 15) is 8.42 Å². The van der Waals surface area contributed by atoms with Crippen molar-refractivity contribution in [2.75, 3.05) is 13.1 Å². The molecule has 16 heavy (non-hydrogen) atoms. The van der Waals surface area contributed by atoms with Crippen LogP contribution < -0.4 is 4.72 Å². The van der Waals surface area contributed by atoms with Gasteiger partial charge in [0, 0.05) is 13.1 Å². The summed E-state index contributed by atoms with van der Waals surface area (Å²) in [5, 5.41) is 0. The maximum atomic E-state index is 11.9. The second-order valence-corrected chi connectivity index (χ2v) is 6.03. The van der Waals surface area contributed by atoms with Gasteiger partial charge in [-0.2, -0.15) is 17.4 Å². The number of nitrogens with one attached hydrogen (secondary N) is 1. The zero-order valence-electron chi connectivity index (χ0n) is 9.94. The van der Waals surface area contributed by atoms with Crippen LogP contribution in [-0.2, 0) is 10.2 Å². The highest BCUT2D eigenvalue weighted by atomic mass is 32.2. The molecule has 0 aromatic carbocycles. The Morgan fingerprint density at radius 3 is 2.50 bits per heavy atom. The summed E-state index contributed by atoms with van der Waals surface area (Å²) in [6.45, 7) is 5.20. The molecule has 1 saturated heterocycles. The molecule has 0 aromatic heterocycles. The molecule has 1 heterocycles. The third-order valence-corrected chi connectivity index (χ3v) is 4.61. The first-order chi connectivity index (χ1) is 7.49. The highest BCUT2D eigenvalue weighted by molar-refractivity contribution is 7.87. The Morgan fingerprint density at radius 2 is 2.06 bits per heavy atom. The van der Waals surface area contributed by atoms with Gasteiger partial charge < -0.3 is 0 Å². The molecule has 1 rings (SSSR count). The van der Waals surface area contributed by atoms with Crippen molar-refractivity contribution in [3.05, 3.63) is 0 Å². The van der Waals surface area contributed by atoms with Crippen LogP contribution >= 0.6 is 0 Å². The first-order valence-electron chi connectivity index (χ1n) is 5.73. The number of piperidine rings is 1. The SMILES string of the molecule is C#CC(CC)NS(=O)(=O)N1CCC(C)CC1. The molecule has 4 nitrogen and oxygen atoms in total. The Kier molecular flexibility index (Phi) is 4.78. The molecule has 0 saturated carbocycles. The number of terminal acetylenes is 1. The lowest BCUT2D eigenvalue weighted by atomic mass is 10.0. The number of rotatable bonds is 4. The van der Waals surface area contributed by atoms with Crippen molar-refractivity contribution in [3.63, 3.8) is 0 Å². The van der Waals surface area contributed by atoms with E-state index >= 15 is 0 Å². The first kappa shape index (κ1) is 13.5. The van der Waals surface area contributed by atoms with Gasteiger partial charge >= 0.3 is 0 Å². The van der Waals surface area contributed by atoms with E-state index < -0.39 is 16.3 Å². The summed E-state index contributed by atoms with van der Waals surface area (Å²) in [5.41, 5.74) is 0. The first-order valence-corrected chi connectivity index (χ1v) is 7.17. The summed E-state index contributed by atoms with van der Waals surface area (Å²) in [6, 6.07) is -0.399. The molecule has 0 radical (unpaired) electrons. The average Bonchev–Trinajstić information content (AvgIpc) is 2.26. The van der Waals surface area contributed by atoms with Gasteiger partial charge in [0.15, 0.2) is 0 Å². The van der Waals surface area contributed by atoms with Crippen molar-refractivity contribution >= 4 is 10.2 Å². The van der Waals surface area contributed by atoms with Crippen molar-refractivity contribution < 1.29 is 8.42 Å². The van der Waals surface area contributed by atoms with Gasteiger partial charge in [0.2, 0.25) is 0 Å². The fraction of sp³-hybridized carbons (Fsp3) is 0.818. The summed E-state index contributed by atoms with van der Waals surface area (Å²) < 4.78 is 27.9. The van der Waals surface area contributed by atoms with E-state index in [1.807, 2.05) is 6.92 Å². The molecule has 0 spiro atoms. The van der Waals surface area contributed by atoms with Crippen LogP contribution in [0.2, 0.25) is 0 Å². The predicted molar refractivity (Wildman–Crippen MR) is 64.9 cm³/mol. The number of hydrogen-bond acceptors (Lipinski definition) is 2. The lowest BCUT2D eigenvalue weighted by Gasteiger charge is -2.30. The van der Waals surface area contributed by atoms with Crippen molar-refractivity contribution in [1.29, 1.82) is 0 Å². The van der Waals surface area contributed by atoms with Gasteiger partial charge in [-0.3, -0.25) is 0 Å². The molecule has 1 aliphatic heterocycles. The van der Waals surface area contributed by atoms with Crippen molar-refractivity contribution in [3.8, 4) is 12.3 Å². The van der Waals surface area contributed by atoms with E-state index in [4.69, 9.17) is 6.42 Å². The molecule has 1 fully saturated rings. The van der Waals surface area contributed by atoms with Crippen molar-refractivity contribution in [2.24, 2.45) is 5.92 Å². The van der Waals surface area contributed by atoms with Gasteiger partial charge in [-0.25, -0.2) is 0 Å². The van der Waals surface area contributed by atoms with E-state index in [0.29, 0.717) is 25.4 Å². The topological polar surface area (TPSA) is 49.4 Å². The number of nitrogens with zero attached hydrogens (tertiary/aromatic N) is 1. The van der Waals surface area contributed by atoms with E-state index in [-0.39, 0.29) is 0 Å². The Balaban J connectivity index is 2.61. The lowest BCUT2D eigenvalue weighted by molar-refractivity contribution is 0.284. The normalized spacial score (nSPS) is 21.6. The highest BCUT2D eigenvalue weighted by Gasteiger charge is 2.27. The summed E-state index contributed by atoms with van der Waals surface area (Å²) in [5.74, 6) is 3.05. The number of hydrogen-bond donors (Lipinski definition) is 1. The molecule has 1 atom stereocenters. The highest BCUT2D eigenvalue weighted by Crippen LogP contribution is 2.18. The molecule has 5 heteroatoms. The molecule has 1 N–H and O–H groups in total. The van der Waals surface area contributed by atoms with Crippen LogP contribution in [-0.4, -0.2) is 31.9 Å². The van der Waals surface area contributed by atoms with E-state index in [0.717, 1.165) is 12.8 Å². The Bertz CT molecular complexity index is 351. The van der Waals surface area contributed by atoms with Crippen LogP contribution in [0.1, 0.15) is 33.1 Å². The second-order valence-electron chi connectivity index (χ2n) is 4.33. The third-order valence-electron chi connectivity index (χ3n) is 2.98. The minimum Gasteiger partial charge on any atom is -0.195 e. The third kappa shape index (κ3) is 3.48. The van der Waals surface area contributed by atoms with Gasteiger partial charge in [0.25, 0.3) is 10.2 Å². The molecule has 0 aliphatic carbocycles. The molecule has 0 amide bonds. The van der Waals surface area contributed by atoms with Gasteiger partial charge in [-0.15, -0.1) is 6.42 Å². The molecule has 1 unspecified atom stereocenters. The molecular weight excluding hydrogens is 224 g/mol. The Hall–Kier alpha value is -0.570. The molecule has 92 valence electrons. The molecule has 1 aliphatic rings. The summed E-state index contributed by atoms with van der Waals surface area (Å²) in [6.07, 6.45) is 7.71. The lowest BCUT2D eigenvalue weighted by Crippen LogP contribution is -2.47. The van der Waals surface area contributed by atoms with Crippen LogP contribution in [0.25, 0.3) is 0 Å². The van der Waals surface area contributed by atoms with E-state index in [1.54, 1.807) is 0 Å². The van der Waals surface area contributed by atoms with Crippen molar-refractivity contribution in [2.45, 2.75) is 39.2 Å². The minimum absolute atomic E-state index is 0.399. The minimum atomic E-state index is -3.39.